The van der Waals surface area contributed by atoms with Gasteiger partial charge in [-0.05, 0) is 48.9 Å². The minimum absolute atomic E-state index is 0.106. The molecular formula is C25H24N4O4S. The number of hydrogen-bond donors (Lipinski definition) is 2. The second kappa shape index (κ2) is 9.88. The van der Waals surface area contributed by atoms with Crippen LogP contribution in [0.5, 0.6) is 0 Å². The second-order valence-corrected chi connectivity index (χ2v) is 9.26. The third kappa shape index (κ3) is 5.15. The van der Waals surface area contributed by atoms with E-state index in [-0.39, 0.29) is 29.1 Å². The van der Waals surface area contributed by atoms with Gasteiger partial charge in [0.25, 0.3) is 15.9 Å². The van der Waals surface area contributed by atoms with E-state index in [0.29, 0.717) is 29.9 Å². The normalized spacial score (nSPS) is 13.5. The molecule has 9 heteroatoms. The van der Waals surface area contributed by atoms with Gasteiger partial charge in [-0.15, -0.1) is 4.40 Å². The quantitative estimate of drug-likeness (QED) is 0.545. The molecule has 2 amide bonds. The molecule has 0 fully saturated rings. The molecule has 3 aromatic carbocycles. The number of sulfonamides is 1. The van der Waals surface area contributed by atoms with Crippen LogP contribution < -0.4 is 10.6 Å². The van der Waals surface area contributed by atoms with Crippen molar-refractivity contribution in [2.75, 3.05) is 18.4 Å². The molecule has 2 N–H and O–H groups in total. The molecule has 34 heavy (non-hydrogen) atoms. The minimum atomic E-state index is -3.72. The zero-order valence-electron chi connectivity index (χ0n) is 18.6. The highest BCUT2D eigenvalue weighted by molar-refractivity contribution is 7.90. The van der Waals surface area contributed by atoms with Crippen molar-refractivity contribution >= 4 is 33.4 Å². The maximum Gasteiger partial charge on any atom is 0.285 e. The maximum absolute atomic E-state index is 12.6. The van der Waals surface area contributed by atoms with E-state index in [4.69, 9.17) is 0 Å². The summed E-state index contributed by atoms with van der Waals surface area (Å²) in [6.07, 6.45) is 0. The fourth-order valence-electron chi connectivity index (χ4n) is 3.59. The Labute approximate surface area is 198 Å². The lowest BCUT2D eigenvalue weighted by molar-refractivity contribution is -0.130. The second-order valence-electron chi connectivity index (χ2n) is 7.69. The highest BCUT2D eigenvalue weighted by Crippen LogP contribution is 2.26. The summed E-state index contributed by atoms with van der Waals surface area (Å²) in [4.78, 5) is 26.9. The van der Waals surface area contributed by atoms with Crippen molar-refractivity contribution in [1.82, 2.24) is 10.2 Å². The van der Waals surface area contributed by atoms with Crippen LogP contribution in [-0.2, 0) is 21.4 Å². The molecule has 0 aliphatic carbocycles. The predicted octanol–water partition coefficient (Wildman–Crippen LogP) is 3.03. The van der Waals surface area contributed by atoms with E-state index >= 15 is 0 Å². The van der Waals surface area contributed by atoms with Crippen molar-refractivity contribution in [3.05, 3.63) is 95.6 Å². The number of fused-ring (bicyclic) bond motifs is 1. The average molecular weight is 477 g/mol. The molecule has 0 radical (unpaired) electrons. The Morgan fingerprint density at radius 2 is 1.59 bits per heavy atom. The van der Waals surface area contributed by atoms with Gasteiger partial charge in [0, 0.05) is 29.9 Å². The first kappa shape index (κ1) is 23.2. The molecule has 8 nitrogen and oxygen atoms in total. The van der Waals surface area contributed by atoms with Crippen molar-refractivity contribution in [1.29, 1.82) is 0 Å². The summed E-state index contributed by atoms with van der Waals surface area (Å²) in [5.74, 6) is -0.310. The number of amidine groups is 1. The van der Waals surface area contributed by atoms with Crippen LogP contribution in [0.3, 0.4) is 0 Å². The highest BCUT2D eigenvalue weighted by Gasteiger charge is 2.28. The number of likely N-dealkylation sites (N-methyl/N-ethyl adjacent to an activating group) is 1. The highest BCUT2D eigenvalue weighted by atomic mass is 32.2. The molecular weight excluding hydrogens is 452 g/mol. The lowest BCUT2D eigenvalue weighted by Crippen LogP contribution is -2.39. The first-order chi connectivity index (χ1) is 16.4. The summed E-state index contributed by atoms with van der Waals surface area (Å²) in [5, 5.41) is 5.66. The number of rotatable bonds is 7. The first-order valence-corrected chi connectivity index (χ1v) is 12.2. The Morgan fingerprint density at radius 1 is 0.912 bits per heavy atom. The number of carbonyl (C=O) groups is 2. The van der Waals surface area contributed by atoms with Gasteiger partial charge in [0.15, 0.2) is 5.84 Å². The molecule has 1 aliphatic heterocycles. The van der Waals surface area contributed by atoms with Crippen molar-refractivity contribution in [2.24, 2.45) is 4.40 Å². The SMILES string of the molecule is CCN(Cc1ccccc1)C(=O)CNC(=O)c1ccc(NC2=NS(=O)(=O)c3ccccc32)cc1. The average Bonchev–Trinajstić information content (AvgIpc) is 3.11. The lowest BCUT2D eigenvalue weighted by Gasteiger charge is -2.21. The molecule has 174 valence electrons. The van der Waals surface area contributed by atoms with Crippen molar-refractivity contribution in [3.63, 3.8) is 0 Å². The van der Waals surface area contributed by atoms with Gasteiger partial charge in [0.05, 0.1) is 6.54 Å². The summed E-state index contributed by atoms with van der Waals surface area (Å²) in [7, 11) is -3.72. The number of benzene rings is 3. The standard InChI is InChI=1S/C25H24N4O4S/c1-2-29(17-18-8-4-3-5-9-18)23(30)16-26-25(31)19-12-14-20(15-13-19)27-24-21-10-6-7-11-22(21)34(32,33)28-24/h3-15H,2,16-17H2,1H3,(H,26,31)(H,27,28). The molecule has 0 aromatic heterocycles. The smallest absolute Gasteiger partial charge is 0.285 e. The summed E-state index contributed by atoms with van der Waals surface area (Å²) >= 11 is 0. The Kier molecular flexibility index (Phi) is 6.74. The van der Waals surface area contributed by atoms with E-state index in [1.807, 2.05) is 37.3 Å². The van der Waals surface area contributed by atoms with Crippen molar-refractivity contribution < 1.29 is 18.0 Å². The van der Waals surface area contributed by atoms with Gasteiger partial charge in [-0.1, -0.05) is 42.5 Å². The molecule has 3 aromatic rings. The van der Waals surface area contributed by atoms with Gasteiger partial charge in [-0.2, -0.15) is 8.42 Å². The van der Waals surface area contributed by atoms with Crippen LogP contribution in [0.25, 0.3) is 0 Å². The molecule has 0 saturated heterocycles. The van der Waals surface area contributed by atoms with Crippen LogP contribution in [0.2, 0.25) is 0 Å². The van der Waals surface area contributed by atoms with E-state index in [0.717, 1.165) is 5.56 Å². The Hall–Kier alpha value is -3.98. The van der Waals surface area contributed by atoms with Crippen LogP contribution in [0.1, 0.15) is 28.4 Å². The maximum atomic E-state index is 12.6. The van der Waals surface area contributed by atoms with E-state index in [2.05, 4.69) is 15.0 Å². The zero-order chi connectivity index (χ0) is 24.1. The third-order valence-electron chi connectivity index (χ3n) is 5.39. The Balaban J connectivity index is 1.35. The van der Waals surface area contributed by atoms with Crippen LogP contribution >= 0.6 is 0 Å². The fourth-order valence-corrected chi connectivity index (χ4v) is 4.76. The number of carbonyl (C=O) groups excluding carboxylic acids is 2. The van der Waals surface area contributed by atoms with Crippen LogP contribution in [0.4, 0.5) is 5.69 Å². The Morgan fingerprint density at radius 3 is 2.29 bits per heavy atom. The topological polar surface area (TPSA) is 108 Å². The number of nitrogens with one attached hydrogen (secondary N) is 2. The first-order valence-electron chi connectivity index (χ1n) is 10.8. The van der Waals surface area contributed by atoms with E-state index in [1.165, 1.54) is 6.07 Å². The third-order valence-corrected chi connectivity index (χ3v) is 6.73. The molecule has 0 atom stereocenters. The van der Waals surface area contributed by atoms with Crippen LogP contribution in [0, 0.1) is 0 Å². The molecule has 4 rings (SSSR count). The monoisotopic (exact) mass is 476 g/mol. The van der Waals surface area contributed by atoms with E-state index < -0.39 is 10.0 Å². The molecule has 0 unspecified atom stereocenters. The summed E-state index contributed by atoms with van der Waals surface area (Å²) in [5.41, 5.74) is 2.48. The predicted molar refractivity (Wildman–Crippen MR) is 130 cm³/mol. The molecule has 1 aliphatic rings. The molecule has 1 heterocycles. The molecule has 0 bridgehead atoms. The number of nitrogens with zero attached hydrogens (tertiary/aromatic N) is 2. The van der Waals surface area contributed by atoms with E-state index in [9.17, 15) is 18.0 Å². The fraction of sp³-hybridized carbons (Fsp3) is 0.160. The van der Waals surface area contributed by atoms with Crippen LogP contribution in [-0.4, -0.2) is 44.1 Å². The summed E-state index contributed by atoms with van der Waals surface area (Å²) in [6, 6.07) is 22.8. The van der Waals surface area contributed by atoms with Gasteiger partial charge in [0.2, 0.25) is 5.91 Å². The zero-order valence-corrected chi connectivity index (χ0v) is 19.4. The summed E-state index contributed by atoms with van der Waals surface area (Å²) in [6.45, 7) is 2.81. The number of hydrogen-bond acceptors (Lipinski definition) is 5. The van der Waals surface area contributed by atoms with Gasteiger partial charge >= 0.3 is 0 Å². The molecule has 0 saturated carbocycles. The van der Waals surface area contributed by atoms with Gasteiger partial charge in [-0.25, -0.2) is 0 Å². The van der Waals surface area contributed by atoms with Gasteiger partial charge in [0.1, 0.15) is 4.90 Å². The number of amides is 2. The van der Waals surface area contributed by atoms with E-state index in [1.54, 1.807) is 47.4 Å². The van der Waals surface area contributed by atoms with Gasteiger partial charge in [-0.3, -0.25) is 9.59 Å². The van der Waals surface area contributed by atoms with Crippen molar-refractivity contribution in [3.8, 4) is 0 Å². The van der Waals surface area contributed by atoms with Gasteiger partial charge < -0.3 is 15.5 Å². The Bertz CT molecular complexity index is 1340. The van der Waals surface area contributed by atoms with Crippen LogP contribution in [0.15, 0.2) is 88.2 Å². The lowest BCUT2D eigenvalue weighted by atomic mass is 10.1. The largest absolute Gasteiger partial charge is 0.343 e. The number of anilines is 1. The van der Waals surface area contributed by atoms with Crippen molar-refractivity contribution in [2.45, 2.75) is 18.4 Å². The summed E-state index contributed by atoms with van der Waals surface area (Å²) < 4.78 is 28.2. The molecule has 0 spiro atoms. The minimum Gasteiger partial charge on any atom is -0.343 e.